The molecule has 17 heavy (non-hydrogen) atoms. The molecule has 0 aliphatic heterocycles. The third-order valence-electron chi connectivity index (χ3n) is 2.52. The fourth-order valence-corrected chi connectivity index (χ4v) is 1.62. The Bertz CT molecular complexity index is 300. The molecule has 0 amide bonds. The lowest BCUT2D eigenvalue weighted by Gasteiger charge is -2.18. The van der Waals surface area contributed by atoms with Crippen molar-refractivity contribution >= 4 is 0 Å². The molecule has 1 aromatic carbocycles. The van der Waals surface area contributed by atoms with Crippen LogP contribution in [0.3, 0.4) is 0 Å². The summed E-state index contributed by atoms with van der Waals surface area (Å²) in [6.45, 7) is 6.70. The molecule has 0 radical (unpaired) electrons. The summed E-state index contributed by atoms with van der Waals surface area (Å²) in [5.74, 6) is -0.204. The summed E-state index contributed by atoms with van der Waals surface area (Å²) in [6, 6.07) is 6.56. The fraction of sp³-hybridized carbons (Fsp3) is 0.571. The van der Waals surface area contributed by atoms with Gasteiger partial charge in [-0.2, -0.15) is 0 Å². The van der Waals surface area contributed by atoms with E-state index >= 15 is 0 Å². The third kappa shape index (κ3) is 5.29. The van der Waals surface area contributed by atoms with Crippen LogP contribution in [0.2, 0.25) is 0 Å². The van der Waals surface area contributed by atoms with Gasteiger partial charge in [0.25, 0.3) is 0 Å². The van der Waals surface area contributed by atoms with E-state index in [-0.39, 0.29) is 11.9 Å². The molecule has 1 rings (SSSR count). The number of hydrogen-bond donors (Lipinski definition) is 1. The first-order chi connectivity index (χ1) is 8.27. The van der Waals surface area contributed by atoms with Crippen molar-refractivity contribution in [3.63, 3.8) is 0 Å². The molecule has 0 fully saturated rings. The van der Waals surface area contributed by atoms with E-state index in [0.29, 0.717) is 0 Å². The van der Waals surface area contributed by atoms with Crippen LogP contribution in [0.1, 0.15) is 38.4 Å². The van der Waals surface area contributed by atoms with Crippen molar-refractivity contribution in [1.29, 1.82) is 0 Å². The van der Waals surface area contributed by atoms with E-state index in [1.807, 2.05) is 0 Å². The van der Waals surface area contributed by atoms with Crippen molar-refractivity contribution in [3.05, 3.63) is 35.6 Å². The molecule has 0 heterocycles. The summed E-state index contributed by atoms with van der Waals surface area (Å²) < 4.78 is 18.6. The lowest BCUT2D eigenvalue weighted by molar-refractivity contribution is 0.0531. The summed E-state index contributed by atoms with van der Waals surface area (Å²) in [5, 5.41) is 3.34. The van der Waals surface area contributed by atoms with Crippen molar-refractivity contribution in [1.82, 2.24) is 5.32 Å². The second-order valence-electron chi connectivity index (χ2n) is 4.12. The van der Waals surface area contributed by atoms with E-state index in [4.69, 9.17) is 4.74 Å². The van der Waals surface area contributed by atoms with Gasteiger partial charge in [0.15, 0.2) is 0 Å². The molecule has 0 saturated carbocycles. The standard InChI is InChI=1S/C14H22FNO/c1-3-9-16-11-14(17-10-4-2)12-5-7-13(15)8-6-12/h5-8,14,16H,3-4,9-11H2,1-2H3. The Kier molecular flexibility index (Phi) is 6.82. The van der Waals surface area contributed by atoms with Crippen LogP contribution in [-0.2, 0) is 4.74 Å². The lowest BCUT2D eigenvalue weighted by Crippen LogP contribution is -2.24. The molecule has 1 aromatic rings. The molecule has 0 bridgehead atoms. The topological polar surface area (TPSA) is 21.3 Å². The minimum absolute atomic E-state index is 0.0158. The Morgan fingerprint density at radius 2 is 1.88 bits per heavy atom. The predicted octanol–water partition coefficient (Wildman–Crippen LogP) is 3.29. The van der Waals surface area contributed by atoms with E-state index < -0.39 is 0 Å². The monoisotopic (exact) mass is 239 g/mol. The van der Waals surface area contributed by atoms with Gasteiger partial charge >= 0.3 is 0 Å². The van der Waals surface area contributed by atoms with Gasteiger partial charge in [0.2, 0.25) is 0 Å². The summed E-state index contributed by atoms with van der Waals surface area (Å²) in [5.41, 5.74) is 1.03. The molecule has 0 aromatic heterocycles. The highest BCUT2D eigenvalue weighted by Crippen LogP contribution is 2.17. The van der Waals surface area contributed by atoms with E-state index in [1.165, 1.54) is 12.1 Å². The number of halogens is 1. The van der Waals surface area contributed by atoms with Crippen LogP contribution in [0, 0.1) is 5.82 Å². The molecule has 1 atom stereocenters. The van der Waals surface area contributed by atoms with Crippen molar-refractivity contribution in [2.75, 3.05) is 19.7 Å². The third-order valence-corrected chi connectivity index (χ3v) is 2.52. The molecule has 1 N–H and O–H groups in total. The van der Waals surface area contributed by atoms with Crippen molar-refractivity contribution in [2.24, 2.45) is 0 Å². The molecule has 1 unspecified atom stereocenters. The fourth-order valence-electron chi connectivity index (χ4n) is 1.62. The van der Waals surface area contributed by atoms with E-state index in [1.54, 1.807) is 12.1 Å². The number of hydrogen-bond acceptors (Lipinski definition) is 2. The summed E-state index contributed by atoms with van der Waals surface area (Å²) >= 11 is 0. The summed E-state index contributed by atoms with van der Waals surface area (Å²) in [6.07, 6.45) is 2.11. The maximum atomic E-state index is 12.9. The second-order valence-corrected chi connectivity index (χ2v) is 4.12. The van der Waals surface area contributed by atoms with Crippen LogP contribution in [-0.4, -0.2) is 19.7 Å². The SMILES string of the molecule is CCCNCC(OCCC)c1ccc(F)cc1. The van der Waals surface area contributed by atoms with E-state index in [9.17, 15) is 4.39 Å². The van der Waals surface area contributed by atoms with Gasteiger partial charge in [0.05, 0.1) is 6.10 Å². The molecule has 0 aliphatic rings. The molecular weight excluding hydrogens is 217 g/mol. The smallest absolute Gasteiger partial charge is 0.123 e. The van der Waals surface area contributed by atoms with Gasteiger partial charge in [-0.15, -0.1) is 0 Å². The average molecular weight is 239 g/mol. The largest absolute Gasteiger partial charge is 0.372 e. The van der Waals surface area contributed by atoms with Crippen LogP contribution in [0.5, 0.6) is 0 Å². The number of ether oxygens (including phenoxy) is 1. The van der Waals surface area contributed by atoms with Gasteiger partial charge in [0, 0.05) is 13.2 Å². The molecule has 0 spiro atoms. The Morgan fingerprint density at radius 1 is 1.18 bits per heavy atom. The Labute approximate surface area is 103 Å². The Balaban J connectivity index is 2.57. The molecule has 0 saturated heterocycles. The van der Waals surface area contributed by atoms with Gasteiger partial charge in [0.1, 0.15) is 5.82 Å². The average Bonchev–Trinajstić information content (AvgIpc) is 2.35. The maximum absolute atomic E-state index is 12.9. The van der Waals surface area contributed by atoms with Gasteiger partial charge < -0.3 is 10.1 Å². The summed E-state index contributed by atoms with van der Waals surface area (Å²) in [7, 11) is 0. The van der Waals surface area contributed by atoms with E-state index in [2.05, 4.69) is 19.2 Å². The quantitative estimate of drug-likeness (QED) is 0.703. The predicted molar refractivity (Wildman–Crippen MR) is 68.5 cm³/mol. The highest BCUT2D eigenvalue weighted by molar-refractivity contribution is 5.19. The van der Waals surface area contributed by atoms with Crippen LogP contribution in [0.15, 0.2) is 24.3 Å². The van der Waals surface area contributed by atoms with Crippen LogP contribution in [0.25, 0.3) is 0 Å². The molecule has 3 heteroatoms. The second kappa shape index (κ2) is 8.20. The highest BCUT2D eigenvalue weighted by atomic mass is 19.1. The van der Waals surface area contributed by atoms with Crippen LogP contribution >= 0.6 is 0 Å². The van der Waals surface area contributed by atoms with Crippen LogP contribution < -0.4 is 5.32 Å². The normalized spacial score (nSPS) is 12.6. The summed E-state index contributed by atoms with van der Waals surface area (Å²) in [4.78, 5) is 0. The van der Waals surface area contributed by atoms with Crippen LogP contribution in [0.4, 0.5) is 4.39 Å². The first kappa shape index (κ1) is 14.1. The number of benzene rings is 1. The highest BCUT2D eigenvalue weighted by Gasteiger charge is 2.11. The Morgan fingerprint density at radius 3 is 2.47 bits per heavy atom. The van der Waals surface area contributed by atoms with Crippen molar-refractivity contribution < 1.29 is 9.13 Å². The van der Waals surface area contributed by atoms with Crippen molar-refractivity contribution in [2.45, 2.75) is 32.8 Å². The van der Waals surface area contributed by atoms with Gasteiger partial charge in [-0.3, -0.25) is 0 Å². The zero-order valence-electron chi connectivity index (χ0n) is 10.7. The minimum atomic E-state index is -0.204. The molecule has 2 nitrogen and oxygen atoms in total. The molecule has 96 valence electrons. The van der Waals surface area contributed by atoms with Gasteiger partial charge in [-0.1, -0.05) is 26.0 Å². The minimum Gasteiger partial charge on any atom is -0.372 e. The first-order valence-electron chi connectivity index (χ1n) is 6.35. The van der Waals surface area contributed by atoms with Crippen molar-refractivity contribution in [3.8, 4) is 0 Å². The lowest BCUT2D eigenvalue weighted by atomic mass is 10.1. The zero-order valence-corrected chi connectivity index (χ0v) is 10.7. The molecule has 0 aliphatic carbocycles. The maximum Gasteiger partial charge on any atom is 0.123 e. The Hall–Kier alpha value is -0.930. The zero-order chi connectivity index (χ0) is 12.5. The molecular formula is C14H22FNO. The van der Waals surface area contributed by atoms with Gasteiger partial charge in [-0.05, 0) is 37.1 Å². The van der Waals surface area contributed by atoms with E-state index in [0.717, 1.165) is 38.1 Å². The first-order valence-corrected chi connectivity index (χ1v) is 6.35. The number of nitrogens with one attached hydrogen (secondary N) is 1. The number of rotatable bonds is 8. The van der Waals surface area contributed by atoms with Gasteiger partial charge in [-0.25, -0.2) is 4.39 Å².